The van der Waals surface area contributed by atoms with Crippen molar-refractivity contribution >= 4 is 34.6 Å². The van der Waals surface area contributed by atoms with Gasteiger partial charge in [0.25, 0.3) is 0 Å². The molecule has 4 aromatic rings. The van der Waals surface area contributed by atoms with Crippen LogP contribution in [0.4, 0.5) is 0 Å². The minimum absolute atomic E-state index is 0.254. The van der Waals surface area contributed by atoms with Crippen LogP contribution in [0.1, 0.15) is 96.3 Å². The number of nitrogens with one attached hydrogen (secondary N) is 2. The van der Waals surface area contributed by atoms with Crippen LogP contribution in [0.2, 0.25) is 0 Å². The third-order valence-electron chi connectivity index (χ3n) is 8.78. The van der Waals surface area contributed by atoms with E-state index >= 15 is 0 Å². The minimum Gasteiger partial charge on any atom is -0.465 e. The van der Waals surface area contributed by atoms with E-state index in [9.17, 15) is 9.59 Å². The van der Waals surface area contributed by atoms with Gasteiger partial charge in [-0.25, -0.2) is 10.4 Å². The van der Waals surface area contributed by atoms with Gasteiger partial charge in [-0.2, -0.15) is 0 Å². The minimum atomic E-state index is -0.269. The summed E-state index contributed by atoms with van der Waals surface area (Å²) < 4.78 is 7.96. The number of esters is 1. The van der Waals surface area contributed by atoms with Crippen molar-refractivity contribution in [1.82, 2.24) is 25.4 Å². The maximum absolute atomic E-state index is 11.8. The summed E-state index contributed by atoms with van der Waals surface area (Å²) in [5.41, 5.74) is 13.3. The molecule has 2 atom stereocenters. The molecule has 1 amide bonds. The number of aromatic nitrogens is 3. The van der Waals surface area contributed by atoms with Crippen LogP contribution in [0.15, 0.2) is 41.9 Å². The zero-order valence-electron chi connectivity index (χ0n) is 28.6. The van der Waals surface area contributed by atoms with Crippen molar-refractivity contribution in [2.45, 2.75) is 99.5 Å². The summed E-state index contributed by atoms with van der Waals surface area (Å²) in [4.78, 5) is 32.1. The Hall–Kier alpha value is -3.56. The van der Waals surface area contributed by atoms with Gasteiger partial charge in [-0.3, -0.25) is 20.0 Å². The van der Waals surface area contributed by atoms with Gasteiger partial charge in [0.2, 0.25) is 6.41 Å². The van der Waals surface area contributed by atoms with Crippen molar-refractivity contribution in [3.63, 3.8) is 0 Å². The smallest absolute Gasteiger partial charge is 0.302 e. The molecular formula is C37H51N5O3S. The molecule has 1 aromatic carbocycles. The molecule has 9 heteroatoms. The molecule has 248 valence electrons. The maximum atomic E-state index is 11.8. The Kier molecular flexibility index (Phi) is 12.5. The molecule has 0 bridgehead atoms. The molecule has 0 saturated carbocycles. The van der Waals surface area contributed by atoms with E-state index in [2.05, 4.69) is 86.6 Å². The number of carbonyl (C=O) groups excluding carboxylic acids is 2. The van der Waals surface area contributed by atoms with Crippen molar-refractivity contribution < 1.29 is 14.3 Å². The topological polar surface area (TPSA) is 98.1 Å². The molecule has 0 aliphatic heterocycles. The first-order chi connectivity index (χ1) is 22.1. The van der Waals surface area contributed by atoms with E-state index < -0.39 is 0 Å². The van der Waals surface area contributed by atoms with Crippen LogP contribution in [0, 0.1) is 11.3 Å². The maximum Gasteiger partial charge on any atom is 0.302 e. The number of rotatable bonds is 18. The van der Waals surface area contributed by atoms with Crippen LogP contribution in [-0.2, 0) is 33.7 Å². The number of benzene rings is 1. The molecule has 2 N–H and O–H groups in total. The molecule has 0 fully saturated rings. The van der Waals surface area contributed by atoms with Crippen molar-refractivity contribution in [3.8, 4) is 22.5 Å². The van der Waals surface area contributed by atoms with Gasteiger partial charge in [0, 0.05) is 59.0 Å². The Morgan fingerprint density at radius 1 is 1.17 bits per heavy atom. The molecule has 0 aliphatic rings. The Morgan fingerprint density at radius 3 is 2.70 bits per heavy atom. The van der Waals surface area contributed by atoms with Gasteiger partial charge in [0.05, 0.1) is 28.7 Å². The third-order valence-corrected chi connectivity index (χ3v) is 9.68. The van der Waals surface area contributed by atoms with Crippen LogP contribution >= 0.6 is 11.3 Å². The monoisotopic (exact) mass is 645 g/mol. The number of amides is 1. The van der Waals surface area contributed by atoms with E-state index in [1.807, 2.05) is 12.3 Å². The van der Waals surface area contributed by atoms with Crippen LogP contribution in [0.5, 0.6) is 0 Å². The predicted octanol–water partition coefficient (Wildman–Crippen LogP) is 8.09. The number of fused-ring (bicyclic) bond motifs is 1. The van der Waals surface area contributed by atoms with Gasteiger partial charge >= 0.3 is 5.97 Å². The molecule has 0 spiro atoms. The fraction of sp³-hybridized carbons (Fsp3) is 0.514. The van der Waals surface area contributed by atoms with Crippen LogP contribution in [0.3, 0.4) is 0 Å². The number of hydrogen-bond donors (Lipinski definition) is 2. The summed E-state index contributed by atoms with van der Waals surface area (Å²) >= 11 is 1.73. The van der Waals surface area contributed by atoms with Gasteiger partial charge in [0.15, 0.2) is 0 Å². The summed E-state index contributed by atoms with van der Waals surface area (Å²) in [6, 6.07) is 11.0. The van der Waals surface area contributed by atoms with E-state index in [4.69, 9.17) is 14.7 Å². The Balaban J connectivity index is 1.69. The molecule has 0 saturated heterocycles. The summed E-state index contributed by atoms with van der Waals surface area (Å²) in [5, 5.41) is 4.55. The zero-order valence-corrected chi connectivity index (χ0v) is 29.4. The molecule has 0 radical (unpaired) electrons. The number of carbonyl (C=O) groups is 2. The highest BCUT2D eigenvalue weighted by atomic mass is 32.1. The highest BCUT2D eigenvalue weighted by Gasteiger charge is 2.28. The summed E-state index contributed by atoms with van der Waals surface area (Å²) in [6.45, 7) is 16.6. The standard InChI is InChI=1S/C37H51N5O3S/c1-8-26(4)35-29(14-12-18-38-35)36-31(20-37(6,7)23-45-27(5)44)30-19-28(16-17-33(30)42(36)9-2)32-22-46-34(41-32)15-11-10-13-25(3)21-39-40-24-43/h12,14,16-19,22,24-26,39H,8-11,13,15,20-21,23H2,1-7H3,(H,40,43). The van der Waals surface area contributed by atoms with Crippen LogP contribution in [-0.4, -0.2) is 40.1 Å². The number of unbranched alkanes of at least 4 members (excludes halogenated alkanes) is 1. The molecule has 3 heterocycles. The largest absolute Gasteiger partial charge is 0.465 e. The van der Waals surface area contributed by atoms with Gasteiger partial charge < -0.3 is 9.30 Å². The number of ether oxygens (including phenoxy) is 1. The van der Waals surface area contributed by atoms with Crippen LogP contribution in [0.25, 0.3) is 33.4 Å². The molecule has 3 aromatic heterocycles. The third kappa shape index (κ3) is 8.82. The van der Waals surface area contributed by atoms with Crippen molar-refractivity contribution in [1.29, 1.82) is 0 Å². The molecule has 4 rings (SSSR count). The molecule has 46 heavy (non-hydrogen) atoms. The van der Waals surface area contributed by atoms with E-state index in [0.29, 0.717) is 24.9 Å². The quantitative estimate of drug-likeness (QED) is 0.0491. The van der Waals surface area contributed by atoms with Crippen molar-refractivity contribution in [3.05, 3.63) is 58.2 Å². The van der Waals surface area contributed by atoms with E-state index in [1.54, 1.807) is 11.3 Å². The fourth-order valence-corrected chi connectivity index (χ4v) is 6.98. The lowest BCUT2D eigenvalue weighted by Crippen LogP contribution is -2.33. The number of pyridine rings is 1. The number of hydrazine groups is 1. The second kappa shape index (κ2) is 16.3. The summed E-state index contributed by atoms with van der Waals surface area (Å²) in [5.74, 6) is 0.563. The zero-order chi connectivity index (χ0) is 33.3. The Bertz CT molecular complexity index is 1610. The summed E-state index contributed by atoms with van der Waals surface area (Å²) in [6.07, 6.45) is 8.60. The predicted molar refractivity (Wildman–Crippen MR) is 189 cm³/mol. The van der Waals surface area contributed by atoms with Gasteiger partial charge in [0.1, 0.15) is 0 Å². The highest BCUT2D eigenvalue weighted by molar-refractivity contribution is 7.09. The highest BCUT2D eigenvalue weighted by Crippen LogP contribution is 2.42. The average molecular weight is 646 g/mol. The molecule has 0 aliphatic carbocycles. The van der Waals surface area contributed by atoms with E-state index in [0.717, 1.165) is 73.6 Å². The fourth-order valence-electron chi connectivity index (χ4n) is 6.13. The van der Waals surface area contributed by atoms with Gasteiger partial charge in [-0.15, -0.1) is 11.3 Å². The number of aryl methyl sites for hydroxylation is 2. The second-order valence-corrected chi connectivity index (χ2v) is 14.2. The lowest BCUT2D eigenvalue weighted by molar-refractivity contribution is -0.143. The number of thiazole rings is 1. The SMILES string of the molecule is CCC(C)c1ncccc1-c1c(CC(C)(C)COC(C)=O)c2cc(-c3csc(CCCCC(C)CNNC=O)n3)ccc2n1CC. The Morgan fingerprint density at radius 2 is 1.98 bits per heavy atom. The van der Waals surface area contributed by atoms with Gasteiger partial charge in [-0.1, -0.05) is 47.1 Å². The van der Waals surface area contributed by atoms with E-state index in [1.165, 1.54) is 34.6 Å². The Labute approximate surface area is 278 Å². The van der Waals surface area contributed by atoms with E-state index in [-0.39, 0.29) is 11.4 Å². The molecule has 2 unspecified atom stereocenters. The average Bonchev–Trinajstić information content (AvgIpc) is 3.64. The lowest BCUT2D eigenvalue weighted by Gasteiger charge is -2.25. The summed E-state index contributed by atoms with van der Waals surface area (Å²) in [7, 11) is 0. The lowest BCUT2D eigenvalue weighted by atomic mass is 9.83. The molecular weight excluding hydrogens is 595 g/mol. The first kappa shape index (κ1) is 35.3. The number of hydrogen-bond acceptors (Lipinski definition) is 7. The van der Waals surface area contributed by atoms with Crippen LogP contribution < -0.4 is 10.9 Å². The van der Waals surface area contributed by atoms with Gasteiger partial charge in [-0.05, 0) is 80.7 Å². The first-order valence-corrected chi connectivity index (χ1v) is 17.6. The number of nitrogens with zero attached hydrogens (tertiary/aromatic N) is 3. The second-order valence-electron chi connectivity index (χ2n) is 13.3. The van der Waals surface area contributed by atoms with Crippen molar-refractivity contribution in [2.75, 3.05) is 13.2 Å². The van der Waals surface area contributed by atoms with Crippen molar-refractivity contribution in [2.24, 2.45) is 11.3 Å². The molecule has 8 nitrogen and oxygen atoms in total. The first-order valence-electron chi connectivity index (χ1n) is 16.7. The normalized spacial score (nSPS) is 13.1.